The Kier molecular flexibility index (Phi) is 4.52. The number of halogens is 3. The van der Waals surface area contributed by atoms with E-state index in [4.69, 9.17) is 11.6 Å². The number of hydrogen-bond donors (Lipinski definition) is 1. The molecule has 0 saturated heterocycles. The maximum atomic E-state index is 13.1. The average Bonchev–Trinajstić information content (AvgIpc) is 2.74. The summed E-state index contributed by atoms with van der Waals surface area (Å²) >= 11 is 10.7. The fourth-order valence-electron chi connectivity index (χ4n) is 1.86. The Labute approximate surface area is 134 Å². The molecule has 0 saturated carbocycles. The van der Waals surface area contributed by atoms with E-state index in [1.165, 1.54) is 23.5 Å². The first-order chi connectivity index (χ1) is 9.31. The number of rotatable bonds is 3. The van der Waals surface area contributed by atoms with Gasteiger partial charge < -0.3 is 5.32 Å². The van der Waals surface area contributed by atoms with Gasteiger partial charge in [-0.2, -0.15) is 0 Å². The van der Waals surface area contributed by atoms with E-state index in [2.05, 4.69) is 21.2 Å². The van der Waals surface area contributed by atoms with Crippen molar-refractivity contribution < 1.29 is 9.18 Å². The van der Waals surface area contributed by atoms with Crippen molar-refractivity contribution in [3.05, 3.63) is 55.4 Å². The average molecular weight is 377 g/mol. The summed E-state index contributed by atoms with van der Waals surface area (Å²) in [4.78, 5) is 12.8. The van der Waals surface area contributed by atoms with Crippen LogP contribution >= 0.6 is 38.9 Å². The van der Waals surface area contributed by atoms with E-state index in [-0.39, 0.29) is 5.91 Å². The Morgan fingerprint density at radius 3 is 2.65 bits per heavy atom. The van der Waals surface area contributed by atoms with Gasteiger partial charge in [0, 0.05) is 9.50 Å². The second kappa shape index (κ2) is 5.84. The molecule has 1 N–H and O–H groups in total. The highest BCUT2D eigenvalue weighted by Gasteiger charge is 2.27. The van der Waals surface area contributed by atoms with E-state index in [0.29, 0.717) is 15.5 Å². The van der Waals surface area contributed by atoms with Crippen LogP contribution in [-0.4, -0.2) is 5.91 Å². The Morgan fingerprint density at radius 1 is 1.40 bits per heavy atom. The number of thiophene rings is 1. The molecular weight excluding hydrogens is 365 g/mol. The summed E-state index contributed by atoms with van der Waals surface area (Å²) in [6.45, 7) is 3.65. The number of nitrogens with one attached hydrogen (secondary N) is 1. The van der Waals surface area contributed by atoms with Gasteiger partial charge in [0.15, 0.2) is 0 Å². The third-order valence-electron chi connectivity index (χ3n) is 2.85. The van der Waals surface area contributed by atoms with Crippen LogP contribution in [0.15, 0.2) is 34.1 Å². The SMILES string of the molecule is CC(C)(NC(=O)c1sccc1Br)c1ccc(F)cc1Cl. The molecule has 0 unspecified atom stereocenters. The van der Waals surface area contributed by atoms with Crippen molar-refractivity contribution in [3.63, 3.8) is 0 Å². The maximum Gasteiger partial charge on any atom is 0.263 e. The molecule has 2 rings (SSSR count). The van der Waals surface area contributed by atoms with Crippen LogP contribution < -0.4 is 5.32 Å². The van der Waals surface area contributed by atoms with E-state index in [1.54, 1.807) is 6.07 Å². The molecular formula is C14H12BrClFNOS. The van der Waals surface area contributed by atoms with Crippen LogP contribution in [0.3, 0.4) is 0 Å². The molecule has 2 nitrogen and oxygen atoms in total. The van der Waals surface area contributed by atoms with Crippen molar-refractivity contribution in [2.45, 2.75) is 19.4 Å². The van der Waals surface area contributed by atoms with E-state index < -0.39 is 11.4 Å². The third kappa shape index (κ3) is 3.22. The van der Waals surface area contributed by atoms with Crippen molar-refractivity contribution in [2.24, 2.45) is 0 Å². The number of carbonyl (C=O) groups excluding carboxylic acids is 1. The van der Waals surface area contributed by atoms with Gasteiger partial charge in [-0.1, -0.05) is 17.7 Å². The van der Waals surface area contributed by atoms with Gasteiger partial charge in [0.05, 0.1) is 5.54 Å². The van der Waals surface area contributed by atoms with Gasteiger partial charge in [0.2, 0.25) is 0 Å². The third-order valence-corrected chi connectivity index (χ3v) is 5.00. The van der Waals surface area contributed by atoms with Crippen LogP contribution in [-0.2, 0) is 5.54 Å². The summed E-state index contributed by atoms with van der Waals surface area (Å²) < 4.78 is 13.8. The largest absolute Gasteiger partial charge is 0.342 e. The lowest BCUT2D eigenvalue weighted by atomic mass is 9.94. The van der Waals surface area contributed by atoms with Crippen molar-refractivity contribution in [2.75, 3.05) is 0 Å². The molecule has 0 atom stereocenters. The zero-order valence-electron chi connectivity index (χ0n) is 10.8. The number of carbonyl (C=O) groups is 1. The number of benzene rings is 1. The van der Waals surface area contributed by atoms with Gasteiger partial charge >= 0.3 is 0 Å². The Bertz CT molecular complexity index is 656. The molecule has 0 spiro atoms. The molecule has 20 heavy (non-hydrogen) atoms. The monoisotopic (exact) mass is 375 g/mol. The number of hydrogen-bond acceptors (Lipinski definition) is 2. The minimum Gasteiger partial charge on any atom is -0.342 e. The van der Waals surface area contributed by atoms with Gasteiger partial charge in [0.25, 0.3) is 5.91 Å². The van der Waals surface area contributed by atoms with Crippen molar-refractivity contribution in [1.82, 2.24) is 5.32 Å². The fourth-order valence-corrected chi connectivity index (χ4v) is 3.71. The van der Waals surface area contributed by atoms with Gasteiger partial charge in [0.1, 0.15) is 10.7 Å². The van der Waals surface area contributed by atoms with Gasteiger partial charge in [-0.05, 0) is 58.9 Å². The molecule has 106 valence electrons. The molecule has 0 radical (unpaired) electrons. The second-order valence-corrected chi connectivity index (χ2v) is 6.98. The summed E-state index contributed by atoms with van der Waals surface area (Å²) in [6.07, 6.45) is 0. The van der Waals surface area contributed by atoms with E-state index >= 15 is 0 Å². The summed E-state index contributed by atoms with van der Waals surface area (Å²) in [6, 6.07) is 5.97. The lowest BCUT2D eigenvalue weighted by Gasteiger charge is -2.27. The van der Waals surface area contributed by atoms with Crippen molar-refractivity contribution in [1.29, 1.82) is 0 Å². The van der Waals surface area contributed by atoms with Crippen LogP contribution in [0, 0.1) is 5.82 Å². The van der Waals surface area contributed by atoms with Crippen LogP contribution in [0.2, 0.25) is 5.02 Å². The standard InChI is InChI=1S/C14H12BrClFNOS/c1-14(2,9-4-3-8(17)7-11(9)16)18-13(19)12-10(15)5-6-20-12/h3-7H,1-2H3,(H,18,19). The quantitative estimate of drug-likeness (QED) is 0.805. The summed E-state index contributed by atoms with van der Waals surface area (Å²) in [5.41, 5.74) is -0.0349. The summed E-state index contributed by atoms with van der Waals surface area (Å²) in [5.74, 6) is -0.598. The summed E-state index contributed by atoms with van der Waals surface area (Å²) in [7, 11) is 0. The van der Waals surface area contributed by atoms with Crippen LogP contribution in [0.25, 0.3) is 0 Å². The van der Waals surface area contributed by atoms with Crippen molar-refractivity contribution in [3.8, 4) is 0 Å². The normalized spacial score (nSPS) is 11.4. The minimum atomic E-state index is -0.703. The van der Waals surface area contributed by atoms with E-state index in [9.17, 15) is 9.18 Å². The molecule has 1 heterocycles. The minimum absolute atomic E-state index is 0.197. The molecule has 2 aromatic rings. The topological polar surface area (TPSA) is 29.1 Å². The van der Waals surface area contributed by atoms with Crippen LogP contribution in [0.5, 0.6) is 0 Å². The highest BCUT2D eigenvalue weighted by atomic mass is 79.9. The second-order valence-electron chi connectivity index (χ2n) is 4.80. The predicted octanol–water partition coefficient (Wildman–Crippen LogP) is 4.97. The number of amides is 1. The first kappa shape index (κ1) is 15.5. The van der Waals surface area contributed by atoms with Crippen LogP contribution in [0.1, 0.15) is 29.1 Å². The fraction of sp³-hybridized carbons (Fsp3) is 0.214. The zero-order valence-corrected chi connectivity index (χ0v) is 14.0. The van der Waals surface area contributed by atoms with E-state index in [1.807, 2.05) is 25.3 Å². The summed E-state index contributed by atoms with van der Waals surface area (Å²) in [5, 5.41) is 5.03. The highest BCUT2D eigenvalue weighted by Crippen LogP contribution is 2.30. The smallest absolute Gasteiger partial charge is 0.263 e. The molecule has 0 aliphatic carbocycles. The first-order valence-electron chi connectivity index (χ1n) is 5.82. The zero-order chi connectivity index (χ0) is 14.9. The molecule has 1 amide bonds. The highest BCUT2D eigenvalue weighted by molar-refractivity contribution is 9.10. The maximum absolute atomic E-state index is 13.1. The molecule has 0 aliphatic heterocycles. The Morgan fingerprint density at radius 2 is 2.10 bits per heavy atom. The van der Waals surface area contributed by atoms with Crippen LogP contribution in [0.4, 0.5) is 4.39 Å². The van der Waals surface area contributed by atoms with Gasteiger partial charge in [-0.3, -0.25) is 4.79 Å². The first-order valence-corrected chi connectivity index (χ1v) is 7.87. The predicted molar refractivity (Wildman–Crippen MR) is 83.9 cm³/mol. The molecule has 1 aromatic heterocycles. The van der Waals surface area contributed by atoms with Gasteiger partial charge in [-0.25, -0.2) is 4.39 Å². The van der Waals surface area contributed by atoms with Gasteiger partial charge in [-0.15, -0.1) is 11.3 Å². The molecule has 0 fully saturated rings. The molecule has 0 aliphatic rings. The molecule has 6 heteroatoms. The lowest BCUT2D eigenvalue weighted by Crippen LogP contribution is -2.41. The Hall–Kier alpha value is -0.910. The van der Waals surface area contributed by atoms with Crippen molar-refractivity contribution >= 4 is 44.8 Å². The Balaban J connectivity index is 2.27. The molecule has 0 bridgehead atoms. The van der Waals surface area contributed by atoms with E-state index in [0.717, 1.165) is 4.47 Å². The molecule has 1 aromatic carbocycles. The lowest BCUT2D eigenvalue weighted by molar-refractivity contribution is 0.0915.